The van der Waals surface area contributed by atoms with E-state index >= 15 is 0 Å². The van der Waals surface area contributed by atoms with Crippen molar-refractivity contribution in [3.63, 3.8) is 0 Å². The average Bonchev–Trinajstić information content (AvgIpc) is 2.50. The Morgan fingerprint density at radius 1 is 1.45 bits per heavy atom. The summed E-state index contributed by atoms with van der Waals surface area (Å²) in [5.41, 5.74) is 6.59. The molecule has 5 heteroatoms. The van der Waals surface area contributed by atoms with Gasteiger partial charge in [-0.3, -0.25) is 9.59 Å². The first-order valence-corrected chi connectivity index (χ1v) is 6.63. The van der Waals surface area contributed by atoms with Crippen molar-refractivity contribution in [2.75, 3.05) is 4.90 Å². The highest BCUT2D eigenvalue weighted by molar-refractivity contribution is 6.01. The van der Waals surface area contributed by atoms with E-state index in [1.807, 2.05) is 24.3 Å². The number of rotatable bonds is 2. The fourth-order valence-electron chi connectivity index (χ4n) is 2.19. The maximum absolute atomic E-state index is 12.4. The molecule has 107 valence electrons. The maximum Gasteiger partial charge on any atom is 0.249 e. The molecule has 0 aliphatic carbocycles. The molecule has 1 aliphatic rings. The number of anilines is 1. The first-order valence-electron chi connectivity index (χ1n) is 6.63. The monoisotopic (exact) mass is 274 g/mol. The van der Waals surface area contributed by atoms with E-state index in [0.29, 0.717) is 12.8 Å². The second kappa shape index (κ2) is 5.25. The van der Waals surface area contributed by atoms with Crippen LogP contribution in [0.4, 0.5) is 5.69 Å². The van der Waals surface area contributed by atoms with Crippen molar-refractivity contribution >= 4 is 17.5 Å². The van der Waals surface area contributed by atoms with Gasteiger partial charge in [0.05, 0.1) is 5.54 Å². The van der Waals surface area contributed by atoms with Gasteiger partial charge in [-0.2, -0.15) is 0 Å². The predicted octanol–water partition coefficient (Wildman–Crippen LogP) is 0.979. The lowest BCUT2D eigenvalue weighted by Crippen LogP contribution is -2.55. The molecular formula is C15H20N3O2. The van der Waals surface area contributed by atoms with Crippen LogP contribution in [0.5, 0.6) is 0 Å². The summed E-state index contributed by atoms with van der Waals surface area (Å²) in [5.74, 6) is -0.553. The Morgan fingerprint density at radius 2 is 2.10 bits per heavy atom. The van der Waals surface area contributed by atoms with E-state index in [1.165, 1.54) is 4.90 Å². The Hall–Kier alpha value is -1.88. The molecule has 1 aromatic carbocycles. The van der Waals surface area contributed by atoms with Crippen LogP contribution < -0.4 is 16.0 Å². The molecule has 1 heterocycles. The second-order valence-electron chi connectivity index (χ2n) is 5.68. The van der Waals surface area contributed by atoms with Gasteiger partial charge < -0.3 is 16.0 Å². The van der Waals surface area contributed by atoms with Gasteiger partial charge in [-0.05, 0) is 38.3 Å². The van der Waals surface area contributed by atoms with Gasteiger partial charge in [0.1, 0.15) is 6.04 Å². The van der Waals surface area contributed by atoms with Gasteiger partial charge in [-0.25, -0.2) is 0 Å². The molecule has 2 amide bonds. The highest BCUT2D eigenvalue weighted by atomic mass is 16.2. The van der Waals surface area contributed by atoms with Crippen LogP contribution in [0.1, 0.15) is 25.8 Å². The van der Waals surface area contributed by atoms with E-state index in [0.717, 1.165) is 11.3 Å². The average molecular weight is 274 g/mol. The van der Waals surface area contributed by atoms with Crippen LogP contribution in [-0.2, 0) is 16.0 Å². The van der Waals surface area contributed by atoms with Crippen molar-refractivity contribution in [1.82, 2.24) is 5.32 Å². The quantitative estimate of drug-likeness (QED) is 0.844. The van der Waals surface area contributed by atoms with Crippen LogP contribution in [0.25, 0.3) is 0 Å². The van der Waals surface area contributed by atoms with E-state index in [1.54, 1.807) is 13.8 Å². The van der Waals surface area contributed by atoms with Crippen molar-refractivity contribution in [3.05, 3.63) is 36.9 Å². The number of benzene rings is 1. The van der Waals surface area contributed by atoms with Crippen LogP contribution in [-0.4, -0.2) is 23.4 Å². The zero-order valence-corrected chi connectivity index (χ0v) is 11.8. The lowest BCUT2D eigenvalue weighted by Gasteiger charge is -2.25. The number of amides is 2. The third kappa shape index (κ3) is 2.82. The summed E-state index contributed by atoms with van der Waals surface area (Å²) in [5, 5.41) is 2.72. The molecule has 0 bridgehead atoms. The van der Waals surface area contributed by atoms with E-state index in [-0.39, 0.29) is 11.8 Å². The summed E-state index contributed by atoms with van der Waals surface area (Å²) in [6, 6.07) is 7.04. The Balaban J connectivity index is 2.20. The molecule has 0 saturated heterocycles. The number of nitrogens with one attached hydrogen (secondary N) is 1. The number of hydrogen-bond donors (Lipinski definition) is 2. The van der Waals surface area contributed by atoms with E-state index < -0.39 is 11.6 Å². The minimum atomic E-state index is -1.01. The van der Waals surface area contributed by atoms with Gasteiger partial charge in [0.2, 0.25) is 11.8 Å². The largest absolute Gasteiger partial charge is 0.343 e. The molecule has 1 aliphatic heterocycles. The second-order valence-corrected chi connectivity index (χ2v) is 5.68. The highest BCUT2D eigenvalue weighted by Crippen LogP contribution is 2.26. The Bertz CT molecular complexity index is 534. The van der Waals surface area contributed by atoms with Crippen LogP contribution in [0.15, 0.2) is 24.3 Å². The van der Waals surface area contributed by atoms with Crippen LogP contribution in [0, 0.1) is 7.05 Å². The molecule has 0 fully saturated rings. The summed E-state index contributed by atoms with van der Waals surface area (Å²) >= 11 is 0. The Labute approximate surface area is 119 Å². The fourth-order valence-corrected chi connectivity index (χ4v) is 2.19. The van der Waals surface area contributed by atoms with Gasteiger partial charge in [0.15, 0.2) is 0 Å². The van der Waals surface area contributed by atoms with Gasteiger partial charge in [-0.1, -0.05) is 18.2 Å². The zero-order valence-electron chi connectivity index (χ0n) is 11.8. The van der Waals surface area contributed by atoms with Crippen molar-refractivity contribution in [2.45, 2.75) is 38.3 Å². The Morgan fingerprint density at radius 3 is 2.75 bits per heavy atom. The molecule has 0 spiro atoms. The molecule has 5 nitrogen and oxygen atoms in total. The summed E-state index contributed by atoms with van der Waals surface area (Å²) in [4.78, 5) is 25.7. The predicted molar refractivity (Wildman–Crippen MR) is 77.8 cm³/mol. The summed E-state index contributed by atoms with van der Waals surface area (Å²) in [7, 11) is 3.80. The van der Waals surface area contributed by atoms with Crippen LogP contribution in [0.2, 0.25) is 0 Å². The number of carbonyl (C=O) groups is 2. The van der Waals surface area contributed by atoms with Gasteiger partial charge in [0.25, 0.3) is 0 Å². The zero-order chi connectivity index (χ0) is 14.9. The van der Waals surface area contributed by atoms with Crippen molar-refractivity contribution in [2.24, 2.45) is 5.73 Å². The van der Waals surface area contributed by atoms with Crippen molar-refractivity contribution < 1.29 is 9.59 Å². The van der Waals surface area contributed by atoms with Crippen molar-refractivity contribution in [3.8, 4) is 0 Å². The van der Waals surface area contributed by atoms with Gasteiger partial charge >= 0.3 is 0 Å². The first kappa shape index (κ1) is 14.5. The lowest BCUT2D eigenvalue weighted by molar-refractivity contribution is -0.130. The molecule has 2 rings (SSSR count). The number of aryl methyl sites for hydroxylation is 1. The molecule has 1 unspecified atom stereocenters. The number of carbonyl (C=O) groups excluding carboxylic acids is 2. The van der Waals surface area contributed by atoms with Crippen LogP contribution >= 0.6 is 0 Å². The van der Waals surface area contributed by atoms with E-state index in [9.17, 15) is 9.59 Å². The lowest BCUT2D eigenvalue weighted by atomic mass is 10.0. The number of fused-ring (bicyclic) bond motifs is 1. The van der Waals surface area contributed by atoms with Crippen LogP contribution in [0.3, 0.4) is 0 Å². The molecule has 3 N–H and O–H groups in total. The molecule has 1 radical (unpaired) electrons. The fraction of sp³-hybridized carbons (Fsp3) is 0.400. The molecular weight excluding hydrogens is 254 g/mol. The number of hydrogen-bond acceptors (Lipinski definition) is 3. The van der Waals surface area contributed by atoms with Gasteiger partial charge in [-0.15, -0.1) is 0 Å². The van der Waals surface area contributed by atoms with Crippen molar-refractivity contribution in [1.29, 1.82) is 0 Å². The maximum atomic E-state index is 12.4. The minimum absolute atomic E-state index is 0.215. The third-order valence-corrected chi connectivity index (χ3v) is 3.44. The topological polar surface area (TPSA) is 75.4 Å². The third-order valence-electron chi connectivity index (χ3n) is 3.44. The molecule has 20 heavy (non-hydrogen) atoms. The molecule has 0 aromatic heterocycles. The summed E-state index contributed by atoms with van der Waals surface area (Å²) in [6.45, 7) is 3.22. The summed E-state index contributed by atoms with van der Waals surface area (Å²) in [6.07, 6.45) is 1.26. The standard InChI is InChI=1S/C15H20N3O2/c1-15(2,16)14(20)17-11-9-8-10-6-4-5-7-12(10)18(3)13(11)19/h4-7,11H,3,8-9,16H2,1-2H3,(H,17,20). The minimum Gasteiger partial charge on any atom is -0.343 e. The number of nitrogens with two attached hydrogens (primary N) is 1. The molecule has 0 saturated carbocycles. The number of nitrogens with zero attached hydrogens (tertiary/aromatic N) is 1. The first-order chi connectivity index (χ1) is 9.30. The van der Waals surface area contributed by atoms with E-state index in [4.69, 9.17) is 5.73 Å². The Kier molecular flexibility index (Phi) is 3.81. The highest BCUT2D eigenvalue weighted by Gasteiger charge is 2.32. The molecule has 1 atom stereocenters. The summed E-state index contributed by atoms with van der Waals surface area (Å²) < 4.78 is 0. The normalized spacial score (nSPS) is 19.3. The molecule has 1 aromatic rings. The van der Waals surface area contributed by atoms with Gasteiger partial charge in [0, 0.05) is 12.7 Å². The SMILES string of the molecule is [CH2]N1C(=O)C(NC(=O)C(C)(C)N)CCc2ccccc21. The number of para-hydroxylation sites is 1. The van der Waals surface area contributed by atoms with E-state index in [2.05, 4.69) is 12.4 Å². The smallest absolute Gasteiger partial charge is 0.249 e.